The van der Waals surface area contributed by atoms with Crippen LogP contribution in [-0.4, -0.2) is 31.4 Å². The maximum absolute atomic E-state index is 11.8. The SMILES string of the molecule is COc1cc(/C=C2/SC(N)=NC2=O)cc(Cl)c1OCCOc1ccc(C)c(C)c1. The lowest BCUT2D eigenvalue weighted by Gasteiger charge is -2.14. The number of carbonyl (C=O) groups is 1. The zero-order valence-corrected chi connectivity index (χ0v) is 17.9. The number of ether oxygens (including phenoxy) is 3. The number of aliphatic imine (C=N–C) groups is 1. The first-order valence-electron chi connectivity index (χ1n) is 8.86. The molecule has 3 rings (SSSR count). The number of amidine groups is 1. The van der Waals surface area contributed by atoms with Crippen molar-refractivity contribution in [3.63, 3.8) is 0 Å². The van der Waals surface area contributed by atoms with Gasteiger partial charge in [0.2, 0.25) is 0 Å². The van der Waals surface area contributed by atoms with Gasteiger partial charge in [0, 0.05) is 0 Å². The summed E-state index contributed by atoms with van der Waals surface area (Å²) < 4.78 is 16.9. The molecule has 29 heavy (non-hydrogen) atoms. The van der Waals surface area contributed by atoms with Crippen LogP contribution in [0.25, 0.3) is 6.08 Å². The number of rotatable bonds is 7. The molecule has 0 unspecified atom stereocenters. The second-order valence-electron chi connectivity index (χ2n) is 6.34. The van der Waals surface area contributed by atoms with Crippen molar-refractivity contribution in [3.05, 3.63) is 56.9 Å². The van der Waals surface area contributed by atoms with Crippen LogP contribution in [0.15, 0.2) is 40.2 Å². The second-order valence-corrected chi connectivity index (χ2v) is 7.81. The molecule has 0 bridgehead atoms. The highest BCUT2D eigenvalue weighted by atomic mass is 35.5. The highest BCUT2D eigenvalue weighted by molar-refractivity contribution is 8.18. The van der Waals surface area contributed by atoms with E-state index in [9.17, 15) is 4.79 Å². The van der Waals surface area contributed by atoms with Crippen LogP contribution in [-0.2, 0) is 4.79 Å². The number of nitrogens with two attached hydrogens (primary N) is 1. The molecule has 2 N–H and O–H groups in total. The maximum Gasteiger partial charge on any atom is 0.286 e. The van der Waals surface area contributed by atoms with E-state index in [-0.39, 0.29) is 11.1 Å². The van der Waals surface area contributed by atoms with Gasteiger partial charge in [0.05, 0.1) is 17.0 Å². The number of amides is 1. The van der Waals surface area contributed by atoms with Crippen molar-refractivity contribution in [1.82, 2.24) is 0 Å². The Kier molecular flexibility index (Phi) is 6.71. The third-order valence-electron chi connectivity index (χ3n) is 4.26. The largest absolute Gasteiger partial charge is 0.493 e. The predicted octanol–water partition coefficient (Wildman–Crippen LogP) is 4.35. The first-order valence-corrected chi connectivity index (χ1v) is 10.0. The molecular weight excluding hydrogens is 412 g/mol. The summed E-state index contributed by atoms with van der Waals surface area (Å²) in [5, 5.41) is 0.592. The smallest absolute Gasteiger partial charge is 0.286 e. The Hall–Kier alpha value is -2.64. The molecule has 0 spiro atoms. The Morgan fingerprint density at radius 2 is 1.90 bits per heavy atom. The summed E-state index contributed by atoms with van der Waals surface area (Å²) in [6, 6.07) is 9.37. The molecule has 0 saturated carbocycles. The summed E-state index contributed by atoms with van der Waals surface area (Å²) in [5.41, 5.74) is 8.65. The van der Waals surface area contributed by atoms with Crippen LogP contribution in [0.5, 0.6) is 17.2 Å². The summed E-state index contributed by atoms with van der Waals surface area (Å²) in [5.74, 6) is 1.30. The number of thioether (sulfide) groups is 1. The van der Waals surface area contributed by atoms with Crippen molar-refractivity contribution in [1.29, 1.82) is 0 Å². The van der Waals surface area contributed by atoms with Crippen molar-refractivity contribution >= 4 is 40.5 Å². The predicted molar refractivity (Wildman–Crippen MR) is 117 cm³/mol. The van der Waals surface area contributed by atoms with Crippen molar-refractivity contribution in [2.24, 2.45) is 10.7 Å². The zero-order valence-electron chi connectivity index (χ0n) is 16.3. The van der Waals surface area contributed by atoms with Gasteiger partial charge in [0.1, 0.15) is 19.0 Å². The maximum atomic E-state index is 11.8. The number of aryl methyl sites for hydroxylation is 2. The number of methoxy groups -OCH3 is 1. The Labute approximate surface area is 178 Å². The van der Waals surface area contributed by atoms with Crippen molar-refractivity contribution in [2.75, 3.05) is 20.3 Å². The monoisotopic (exact) mass is 432 g/mol. The Morgan fingerprint density at radius 1 is 1.14 bits per heavy atom. The highest BCUT2D eigenvalue weighted by Crippen LogP contribution is 2.38. The first kappa shape index (κ1) is 21.1. The molecule has 1 heterocycles. The van der Waals surface area contributed by atoms with E-state index >= 15 is 0 Å². The molecular formula is C21H21ClN2O4S. The summed E-state index contributed by atoms with van der Waals surface area (Å²) in [6.07, 6.45) is 1.66. The van der Waals surface area contributed by atoms with E-state index in [2.05, 4.69) is 11.9 Å². The fourth-order valence-corrected chi connectivity index (χ4v) is 3.60. The van der Waals surface area contributed by atoms with Gasteiger partial charge in [-0.1, -0.05) is 17.7 Å². The first-order chi connectivity index (χ1) is 13.9. The van der Waals surface area contributed by atoms with Gasteiger partial charge in [-0.25, -0.2) is 0 Å². The lowest BCUT2D eigenvalue weighted by Crippen LogP contribution is -2.10. The lowest BCUT2D eigenvalue weighted by atomic mass is 10.1. The molecule has 1 amide bonds. The Balaban J connectivity index is 1.65. The molecule has 1 aliphatic heterocycles. The third kappa shape index (κ3) is 5.25. The summed E-state index contributed by atoms with van der Waals surface area (Å²) in [4.78, 5) is 15.9. The van der Waals surface area contributed by atoms with Gasteiger partial charge >= 0.3 is 0 Å². The molecule has 0 aromatic heterocycles. The number of carbonyl (C=O) groups excluding carboxylic acids is 1. The fourth-order valence-electron chi connectivity index (χ4n) is 2.65. The molecule has 0 fully saturated rings. The van der Waals surface area contributed by atoms with Gasteiger partial charge in [0.25, 0.3) is 5.91 Å². The summed E-state index contributed by atoms with van der Waals surface area (Å²) in [6.45, 7) is 4.75. The Bertz CT molecular complexity index is 1000. The van der Waals surface area contributed by atoms with Gasteiger partial charge in [-0.2, -0.15) is 4.99 Å². The number of nitrogens with zero attached hydrogens (tertiary/aromatic N) is 1. The van der Waals surface area contributed by atoms with E-state index in [0.29, 0.717) is 40.2 Å². The minimum Gasteiger partial charge on any atom is -0.493 e. The number of benzene rings is 2. The van der Waals surface area contributed by atoms with Gasteiger partial charge < -0.3 is 19.9 Å². The second kappa shape index (κ2) is 9.24. The van der Waals surface area contributed by atoms with Crippen LogP contribution in [0.4, 0.5) is 0 Å². The molecule has 1 aliphatic rings. The van der Waals surface area contributed by atoms with Crippen LogP contribution >= 0.6 is 23.4 Å². The van der Waals surface area contributed by atoms with E-state index in [1.807, 2.05) is 25.1 Å². The van der Waals surface area contributed by atoms with Crippen LogP contribution in [0, 0.1) is 13.8 Å². The third-order valence-corrected chi connectivity index (χ3v) is 5.36. The quantitative estimate of drug-likeness (QED) is 0.517. The van der Waals surface area contributed by atoms with Gasteiger partial charge in [0.15, 0.2) is 16.7 Å². The number of hydrogen-bond acceptors (Lipinski definition) is 6. The average molecular weight is 433 g/mol. The standard InChI is InChI=1S/C21H21ClN2O4S/c1-12-4-5-15(8-13(12)2)27-6-7-28-19-16(22)9-14(10-17(19)26-3)11-18-20(25)24-21(23)29-18/h4-5,8-11H,6-7H2,1-3H3,(H2,23,24,25)/b18-11+. The van der Waals surface area contributed by atoms with E-state index in [4.69, 9.17) is 31.5 Å². The van der Waals surface area contributed by atoms with E-state index < -0.39 is 0 Å². The van der Waals surface area contributed by atoms with E-state index in [1.165, 1.54) is 18.2 Å². The van der Waals surface area contributed by atoms with Gasteiger partial charge in [-0.3, -0.25) is 4.79 Å². The molecule has 2 aromatic rings. The normalized spacial score (nSPS) is 14.8. The highest BCUT2D eigenvalue weighted by Gasteiger charge is 2.20. The fraction of sp³-hybridized carbons (Fsp3) is 0.238. The van der Waals surface area contributed by atoms with Crippen molar-refractivity contribution < 1.29 is 19.0 Å². The molecule has 8 heteroatoms. The number of hydrogen-bond donors (Lipinski definition) is 1. The molecule has 0 radical (unpaired) electrons. The van der Waals surface area contributed by atoms with Gasteiger partial charge in [-0.05, 0) is 72.6 Å². The summed E-state index contributed by atoms with van der Waals surface area (Å²) >= 11 is 7.49. The van der Waals surface area contributed by atoms with Crippen LogP contribution in [0.3, 0.4) is 0 Å². The van der Waals surface area contributed by atoms with Crippen LogP contribution < -0.4 is 19.9 Å². The minimum absolute atomic E-state index is 0.225. The van der Waals surface area contributed by atoms with Crippen LogP contribution in [0.1, 0.15) is 16.7 Å². The van der Waals surface area contributed by atoms with Crippen LogP contribution in [0.2, 0.25) is 5.02 Å². The van der Waals surface area contributed by atoms with Gasteiger partial charge in [-0.15, -0.1) is 0 Å². The topological polar surface area (TPSA) is 83.1 Å². The van der Waals surface area contributed by atoms with E-state index in [1.54, 1.807) is 18.2 Å². The molecule has 0 aliphatic carbocycles. The molecule has 6 nitrogen and oxygen atoms in total. The molecule has 0 saturated heterocycles. The van der Waals surface area contributed by atoms with Crippen molar-refractivity contribution in [3.8, 4) is 17.2 Å². The summed E-state index contributed by atoms with van der Waals surface area (Å²) in [7, 11) is 1.53. The van der Waals surface area contributed by atoms with E-state index in [0.717, 1.165) is 17.5 Å². The molecule has 2 aromatic carbocycles. The molecule has 0 atom stereocenters. The minimum atomic E-state index is -0.369. The molecule has 152 valence electrons. The average Bonchev–Trinajstić information content (AvgIpc) is 2.99. The Morgan fingerprint density at radius 3 is 2.55 bits per heavy atom. The zero-order chi connectivity index (χ0) is 21.0. The lowest BCUT2D eigenvalue weighted by molar-refractivity contribution is -0.113. The van der Waals surface area contributed by atoms with Crippen molar-refractivity contribution in [2.45, 2.75) is 13.8 Å². The number of halogens is 1.